The van der Waals surface area contributed by atoms with Crippen LogP contribution in [0.5, 0.6) is 0 Å². The van der Waals surface area contributed by atoms with Crippen molar-refractivity contribution in [1.29, 1.82) is 0 Å². The van der Waals surface area contributed by atoms with Crippen molar-refractivity contribution in [3.63, 3.8) is 0 Å². The smallest absolute Gasteiger partial charge is 0.326 e. The predicted octanol–water partition coefficient (Wildman–Crippen LogP) is -2.27. The summed E-state index contributed by atoms with van der Waals surface area (Å²) in [5.41, 5.74) is 10.9. The van der Waals surface area contributed by atoms with Crippen LogP contribution < -0.4 is 27.4 Å². The summed E-state index contributed by atoms with van der Waals surface area (Å²) in [6.45, 7) is 1.68. The fourth-order valence-electron chi connectivity index (χ4n) is 2.67. The lowest BCUT2D eigenvalue weighted by atomic mass is 10.0. The van der Waals surface area contributed by atoms with Gasteiger partial charge in [-0.05, 0) is 45.6 Å². The van der Waals surface area contributed by atoms with Gasteiger partial charge in [-0.15, -0.1) is 0 Å². The van der Waals surface area contributed by atoms with Gasteiger partial charge >= 0.3 is 17.9 Å². The van der Waals surface area contributed by atoms with Crippen LogP contribution >= 0.6 is 0 Å². The molecule has 0 saturated heterocycles. The summed E-state index contributed by atoms with van der Waals surface area (Å²) in [6.07, 6.45) is -0.607. The lowest BCUT2D eigenvalue weighted by Crippen LogP contribution is -2.57. The molecule has 0 bridgehead atoms. The number of nitrogens with two attached hydrogens (primary N) is 2. The molecule has 10 N–H and O–H groups in total. The van der Waals surface area contributed by atoms with Crippen molar-refractivity contribution in [1.82, 2.24) is 16.0 Å². The second-order valence-corrected chi connectivity index (χ2v) is 7.46. The minimum absolute atomic E-state index is 0.0763. The zero-order valence-corrected chi connectivity index (χ0v) is 18.4. The van der Waals surface area contributed by atoms with Gasteiger partial charge < -0.3 is 42.7 Å². The van der Waals surface area contributed by atoms with E-state index in [0.29, 0.717) is 19.4 Å². The molecule has 0 saturated carbocycles. The van der Waals surface area contributed by atoms with Gasteiger partial charge in [-0.3, -0.25) is 24.0 Å². The highest BCUT2D eigenvalue weighted by Gasteiger charge is 2.30. The van der Waals surface area contributed by atoms with Gasteiger partial charge in [0.15, 0.2) is 0 Å². The third-order valence-electron chi connectivity index (χ3n) is 4.53. The molecule has 33 heavy (non-hydrogen) atoms. The van der Waals surface area contributed by atoms with E-state index in [0.717, 1.165) is 0 Å². The molecule has 0 aromatic rings. The number of nitrogens with one attached hydrogen (secondary N) is 3. The van der Waals surface area contributed by atoms with Crippen LogP contribution in [0.25, 0.3) is 0 Å². The molecule has 0 aromatic carbocycles. The van der Waals surface area contributed by atoms with E-state index in [-0.39, 0.29) is 19.3 Å². The van der Waals surface area contributed by atoms with Gasteiger partial charge in [-0.2, -0.15) is 0 Å². The SMILES string of the molecule is CC(N)C(=O)NC(CCC(=O)O)C(=O)NC(CCCCN)C(=O)NC(CCC(=O)O)C(=O)O. The van der Waals surface area contributed by atoms with Crippen LogP contribution in [0.1, 0.15) is 51.9 Å². The van der Waals surface area contributed by atoms with Crippen molar-refractivity contribution < 1.29 is 44.1 Å². The molecule has 0 spiro atoms. The summed E-state index contributed by atoms with van der Waals surface area (Å²) in [5.74, 6) is -6.31. The summed E-state index contributed by atoms with van der Waals surface area (Å²) in [4.78, 5) is 70.3. The maximum Gasteiger partial charge on any atom is 0.326 e. The second-order valence-electron chi connectivity index (χ2n) is 7.46. The molecule has 14 nitrogen and oxygen atoms in total. The largest absolute Gasteiger partial charge is 0.481 e. The first-order valence-electron chi connectivity index (χ1n) is 10.4. The Bertz CT molecular complexity index is 714. The normalized spacial score (nSPS) is 14.3. The molecule has 4 atom stereocenters. The Kier molecular flexibility index (Phi) is 14.0. The Labute approximate surface area is 190 Å². The van der Waals surface area contributed by atoms with Crippen molar-refractivity contribution >= 4 is 35.6 Å². The number of aliphatic carboxylic acids is 3. The zero-order valence-electron chi connectivity index (χ0n) is 18.4. The maximum atomic E-state index is 12.7. The van der Waals surface area contributed by atoms with Crippen molar-refractivity contribution in [3.8, 4) is 0 Å². The van der Waals surface area contributed by atoms with E-state index in [9.17, 15) is 33.9 Å². The summed E-state index contributed by atoms with van der Waals surface area (Å²) < 4.78 is 0. The van der Waals surface area contributed by atoms with Crippen LogP contribution in [-0.4, -0.2) is 81.7 Å². The third-order valence-corrected chi connectivity index (χ3v) is 4.53. The molecule has 0 aliphatic heterocycles. The van der Waals surface area contributed by atoms with Gasteiger partial charge in [0.05, 0.1) is 6.04 Å². The first kappa shape index (κ1) is 29.7. The van der Waals surface area contributed by atoms with Crippen molar-refractivity contribution in [2.75, 3.05) is 6.54 Å². The first-order chi connectivity index (χ1) is 15.4. The standard InChI is InChI=1S/C19H33N5O9/c1-10(21)16(29)22-12(5-7-14(25)26)18(31)23-11(4-2-3-9-20)17(30)24-13(19(32)33)6-8-15(27)28/h10-13H,2-9,20-21H2,1H3,(H,22,29)(H,23,31)(H,24,30)(H,25,26)(H,27,28)(H,32,33). The Morgan fingerprint density at radius 2 is 1.12 bits per heavy atom. The molecule has 4 unspecified atom stereocenters. The minimum atomic E-state index is -1.50. The number of carboxylic acid groups (broad SMARTS) is 3. The van der Waals surface area contributed by atoms with Crippen LogP contribution in [-0.2, 0) is 28.8 Å². The minimum Gasteiger partial charge on any atom is -0.481 e. The summed E-state index contributed by atoms with van der Waals surface area (Å²) in [5, 5.41) is 33.8. The molecular weight excluding hydrogens is 442 g/mol. The molecule has 0 heterocycles. The Hall–Kier alpha value is -3.26. The highest BCUT2D eigenvalue weighted by atomic mass is 16.4. The van der Waals surface area contributed by atoms with E-state index < -0.39 is 72.6 Å². The average molecular weight is 475 g/mol. The third kappa shape index (κ3) is 13.0. The molecule has 0 radical (unpaired) electrons. The van der Waals surface area contributed by atoms with Crippen molar-refractivity contribution in [2.24, 2.45) is 11.5 Å². The topological polar surface area (TPSA) is 251 Å². The number of hydrogen-bond acceptors (Lipinski definition) is 8. The number of unbranched alkanes of at least 4 members (excludes halogenated alkanes) is 1. The van der Waals surface area contributed by atoms with Crippen molar-refractivity contribution in [3.05, 3.63) is 0 Å². The maximum absolute atomic E-state index is 12.7. The van der Waals surface area contributed by atoms with E-state index in [1.165, 1.54) is 6.92 Å². The highest BCUT2D eigenvalue weighted by Crippen LogP contribution is 2.06. The molecule has 3 amide bonds. The predicted molar refractivity (Wildman–Crippen MR) is 114 cm³/mol. The monoisotopic (exact) mass is 475 g/mol. The van der Waals surface area contributed by atoms with Crippen LogP contribution in [0.4, 0.5) is 0 Å². The molecular formula is C19H33N5O9. The van der Waals surface area contributed by atoms with Crippen LogP contribution in [0.3, 0.4) is 0 Å². The van der Waals surface area contributed by atoms with Gasteiger partial charge in [0.1, 0.15) is 18.1 Å². The lowest BCUT2D eigenvalue weighted by Gasteiger charge is -2.24. The van der Waals surface area contributed by atoms with Crippen molar-refractivity contribution in [2.45, 2.75) is 76.0 Å². The number of carboxylic acids is 3. The van der Waals surface area contributed by atoms with E-state index in [4.69, 9.17) is 21.7 Å². The zero-order chi connectivity index (χ0) is 25.6. The molecule has 14 heteroatoms. The summed E-state index contributed by atoms with van der Waals surface area (Å²) in [7, 11) is 0. The van der Waals surface area contributed by atoms with Gasteiger partial charge in [-0.1, -0.05) is 0 Å². The number of rotatable bonds is 17. The second kappa shape index (κ2) is 15.5. The fraction of sp³-hybridized carbons (Fsp3) is 0.684. The molecule has 0 aromatic heterocycles. The summed E-state index contributed by atoms with van der Waals surface area (Å²) >= 11 is 0. The van der Waals surface area contributed by atoms with Crippen LogP contribution in [0.2, 0.25) is 0 Å². The Balaban J connectivity index is 5.48. The first-order valence-corrected chi connectivity index (χ1v) is 10.4. The van der Waals surface area contributed by atoms with E-state index >= 15 is 0 Å². The molecule has 0 aliphatic rings. The average Bonchev–Trinajstić information content (AvgIpc) is 2.72. The fourth-order valence-corrected chi connectivity index (χ4v) is 2.67. The molecule has 0 fully saturated rings. The van der Waals surface area contributed by atoms with Crippen LogP contribution in [0.15, 0.2) is 0 Å². The number of amides is 3. The van der Waals surface area contributed by atoms with Gasteiger partial charge in [0, 0.05) is 12.8 Å². The van der Waals surface area contributed by atoms with Gasteiger partial charge in [0.2, 0.25) is 17.7 Å². The molecule has 0 aliphatic carbocycles. The quantitative estimate of drug-likeness (QED) is 0.104. The molecule has 0 rings (SSSR count). The van der Waals surface area contributed by atoms with E-state index in [1.807, 2.05) is 0 Å². The van der Waals surface area contributed by atoms with Gasteiger partial charge in [0.25, 0.3) is 0 Å². The van der Waals surface area contributed by atoms with E-state index in [2.05, 4.69) is 16.0 Å². The van der Waals surface area contributed by atoms with Crippen LogP contribution in [0, 0.1) is 0 Å². The highest BCUT2D eigenvalue weighted by molar-refractivity contribution is 5.94. The lowest BCUT2D eigenvalue weighted by molar-refractivity contribution is -0.143. The van der Waals surface area contributed by atoms with E-state index in [1.54, 1.807) is 0 Å². The van der Waals surface area contributed by atoms with Gasteiger partial charge in [-0.25, -0.2) is 4.79 Å². The number of carbonyl (C=O) groups excluding carboxylic acids is 3. The Morgan fingerprint density at radius 1 is 0.697 bits per heavy atom. The Morgan fingerprint density at radius 3 is 1.55 bits per heavy atom. The molecule has 188 valence electrons. The number of carbonyl (C=O) groups is 6. The number of hydrogen-bond donors (Lipinski definition) is 8. The summed E-state index contributed by atoms with van der Waals surface area (Å²) in [6, 6.07) is -5.00.